The van der Waals surface area contributed by atoms with Crippen LogP contribution >= 0.6 is 11.6 Å². The van der Waals surface area contributed by atoms with Crippen LogP contribution in [-0.2, 0) is 6.54 Å². The minimum atomic E-state index is 0.213. The Labute approximate surface area is 124 Å². The fourth-order valence-corrected chi connectivity index (χ4v) is 1.95. The van der Waals surface area contributed by atoms with Crippen molar-refractivity contribution >= 4 is 23.5 Å². The van der Waals surface area contributed by atoms with Gasteiger partial charge in [0.15, 0.2) is 0 Å². The van der Waals surface area contributed by atoms with Crippen LogP contribution in [0, 0.1) is 0 Å². The van der Waals surface area contributed by atoms with Gasteiger partial charge in [0.2, 0.25) is 17.2 Å². The minimum Gasteiger partial charge on any atom is -0.347 e. The van der Waals surface area contributed by atoms with Crippen LogP contribution in [0.3, 0.4) is 0 Å². The summed E-state index contributed by atoms with van der Waals surface area (Å²) in [6.45, 7) is 3.60. The number of anilines is 2. The van der Waals surface area contributed by atoms with Crippen molar-refractivity contribution in [2.75, 3.05) is 30.4 Å². The molecule has 2 rings (SSSR count). The number of aromatic nitrogens is 3. The molecule has 6 heteroatoms. The predicted octanol–water partition coefficient (Wildman–Crippen LogP) is 2.62. The van der Waals surface area contributed by atoms with E-state index in [9.17, 15) is 0 Å². The largest absolute Gasteiger partial charge is 0.347 e. The molecule has 0 radical (unpaired) electrons. The fraction of sp³-hybridized carbons (Fsp3) is 0.357. The standard InChI is InChI=1S/C14H18ClN5/c1-4-20(10-11-8-6-5-7-9-11)14-17-12(15)16-13(18-14)19(2)3/h5-9H,4,10H2,1-3H3. The van der Waals surface area contributed by atoms with Crippen LogP contribution in [-0.4, -0.2) is 35.6 Å². The van der Waals surface area contributed by atoms with Crippen LogP contribution in [0.25, 0.3) is 0 Å². The van der Waals surface area contributed by atoms with Gasteiger partial charge in [-0.1, -0.05) is 30.3 Å². The fourth-order valence-electron chi connectivity index (χ4n) is 1.80. The molecule has 1 aromatic heterocycles. The molecule has 1 heterocycles. The van der Waals surface area contributed by atoms with E-state index in [0.29, 0.717) is 11.9 Å². The van der Waals surface area contributed by atoms with E-state index >= 15 is 0 Å². The predicted molar refractivity (Wildman–Crippen MR) is 82.3 cm³/mol. The van der Waals surface area contributed by atoms with Crippen molar-refractivity contribution in [1.29, 1.82) is 0 Å². The maximum atomic E-state index is 5.98. The monoisotopic (exact) mass is 291 g/mol. The van der Waals surface area contributed by atoms with E-state index in [-0.39, 0.29) is 5.28 Å². The second-order valence-corrected chi connectivity index (χ2v) is 4.94. The Balaban J connectivity index is 2.27. The summed E-state index contributed by atoms with van der Waals surface area (Å²) in [6.07, 6.45) is 0. The summed E-state index contributed by atoms with van der Waals surface area (Å²) in [5.74, 6) is 1.16. The second-order valence-electron chi connectivity index (χ2n) is 4.60. The summed E-state index contributed by atoms with van der Waals surface area (Å²) in [5, 5.41) is 0.213. The van der Waals surface area contributed by atoms with Gasteiger partial charge in [-0.3, -0.25) is 0 Å². The van der Waals surface area contributed by atoms with Crippen molar-refractivity contribution in [3.05, 3.63) is 41.2 Å². The van der Waals surface area contributed by atoms with Crippen molar-refractivity contribution in [1.82, 2.24) is 15.0 Å². The molecule has 2 aromatic rings. The molecule has 20 heavy (non-hydrogen) atoms. The Morgan fingerprint density at radius 2 is 1.65 bits per heavy atom. The first-order valence-electron chi connectivity index (χ1n) is 6.48. The molecule has 0 amide bonds. The van der Waals surface area contributed by atoms with Crippen LogP contribution in [0.1, 0.15) is 12.5 Å². The van der Waals surface area contributed by atoms with Crippen molar-refractivity contribution in [3.63, 3.8) is 0 Å². The van der Waals surface area contributed by atoms with Gasteiger partial charge >= 0.3 is 0 Å². The van der Waals surface area contributed by atoms with E-state index in [1.165, 1.54) is 5.56 Å². The molecular weight excluding hydrogens is 274 g/mol. The molecule has 0 spiro atoms. The molecule has 0 saturated heterocycles. The molecule has 0 aliphatic heterocycles. The SMILES string of the molecule is CCN(Cc1ccccc1)c1nc(Cl)nc(N(C)C)n1. The molecule has 0 N–H and O–H groups in total. The average molecular weight is 292 g/mol. The Hall–Kier alpha value is -1.88. The lowest BCUT2D eigenvalue weighted by molar-refractivity contribution is 0.780. The highest BCUT2D eigenvalue weighted by molar-refractivity contribution is 6.28. The maximum absolute atomic E-state index is 5.98. The zero-order valence-corrected chi connectivity index (χ0v) is 12.7. The lowest BCUT2D eigenvalue weighted by atomic mass is 10.2. The average Bonchev–Trinajstić information content (AvgIpc) is 2.45. The van der Waals surface area contributed by atoms with E-state index in [1.807, 2.05) is 37.2 Å². The molecular formula is C14H18ClN5. The van der Waals surface area contributed by atoms with Gasteiger partial charge < -0.3 is 9.80 Å². The van der Waals surface area contributed by atoms with Gasteiger partial charge in [-0.2, -0.15) is 15.0 Å². The third-order valence-corrected chi connectivity index (χ3v) is 3.03. The first-order valence-corrected chi connectivity index (χ1v) is 6.85. The van der Waals surface area contributed by atoms with Gasteiger partial charge in [0.1, 0.15) is 0 Å². The van der Waals surface area contributed by atoms with Gasteiger partial charge in [-0.05, 0) is 24.1 Å². The maximum Gasteiger partial charge on any atom is 0.231 e. The number of halogens is 1. The Bertz CT molecular complexity index is 559. The number of hydrogen-bond acceptors (Lipinski definition) is 5. The normalized spacial score (nSPS) is 10.4. The number of nitrogens with zero attached hydrogens (tertiary/aromatic N) is 5. The van der Waals surface area contributed by atoms with E-state index < -0.39 is 0 Å². The zero-order valence-electron chi connectivity index (χ0n) is 11.9. The Kier molecular flexibility index (Phi) is 4.74. The third kappa shape index (κ3) is 3.57. The van der Waals surface area contributed by atoms with E-state index in [4.69, 9.17) is 11.6 Å². The van der Waals surface area contributed by atoms with Crippen LogP contribution in [0.4, 0.5) is 11.9 Å². The van der Waals surface area contributed by atoms with Crippen LogP contribution in [0.2, 0.25) is 5.28 Å². The molecule has 106 valence electrons. The summed E-state index contributed by atoms with van der Waals surface area (Å²) in [5.41, 5.74) is 1.21. The quantitative estimate of drug-likeness (QED) is 0.847. The van der Waals surface area contributed by atoms with Crippen molar-refractivity contribution in [2.45, 2.75) is 13.5 Å². The highest BCUT2D eigenvalue weighted by atomic mass is 35.5. The van der Waals surface area contributed by atoms with Crippen LogP contribution < -0.4 is 9.80 Å². The first kappa shape index (κ1) is 14.5. The summed E-state index contributed by atoms with van der Waals surface area (Å²) in [4.78, 5) is 16.6. The molecule has 0 aliphatic carbocycles. The van der Waals surface area contributed by atoms with Crippen molar-refractivity contribution < 1.29 is 0 Å². The molecule has 0 fully saturated rings. The van der Waals surface area contributed by atoms with Crippen LogP contribution in [0.5, 0.6) is 0 Å². The van der Waals surface area contributed by atoms with Crippen LogP contribution in [0.15, 0.2) is 30.3 Å². The van der Waals surface area contributed by atoms with E-state index in [1.54, 1.807) is 0 Å². The first-order chi connectivity index (χ1) is 9.60. The van der Waals surface area contributed by atoms with E-state index in [0.717, 1.165) is 13.1 Å². The van der Waals surface area contributed by atoms with Gasteiger partial charge in [0.25, 0.3) is 0 Å². The Morgan fingerprint density at radius 1 is 1.00 bits per heavy atom. The second kappa shape index (κ2) is 6.52. The van der Waals surface area contributed by atoms with Crippen molar-refractivity contribution in [3.8, 4) is 0 Å². The van der Waals surface area contributed by atoms with E-state index in [2.05, 4.69) is 38.9 Å². The third-order valence-electron chi connectivity index (χ3n) is 2.87. The molecule has 1 aromatic carbocycles. The summed E-state index contributed by atoms with van der Waals surface area (Å²) in [6, 6.07) is 10.2. The molecule has 0 aliphatic rings. The Morgan fingerprint density at radius 3 is 2.25 bits per heavy atom. The minimum absolute atomic E-state index is 0.213. The number of benzene rings is 1. The van der Waals surface area contributed by atoms with Gasteiger partial charge in [0, 0.05) is 27.2 Å². The van der Waals surface area contributed by atoms with Gasteiger partial charge in [-0.25, -0.2) is 0 Å². The molecule has 0 unspecified atom stereocenters. The summed E-state index contributed by atoms with van der Waals surface area (Å²) >= 11 is 5.98. The summed E-state index contributed by atoms with van der Waals surface area (Å²) < 4.78 is 0. The lowest BCUT2D eigenvalue weighted by Crippen LogP contribution is -2.26. The number of hydrogen-bond donors (Lipinski definition) is 0. The molecule has 0 atom stereocenters. The molecule has 0 bridgehead atoms. The van der Waals surface area contributed by atoms with Gasteiger partial charge in [0.05, 0.1) is 0 Å². The summed E-state index contributed by atoms with van der Waals surface area (Å²) in [7, 11) is 3.76. The smallest absolute Gasteiger partial charge is 0.231 e. The van der Waals surface area contributed by atoms with Gasteiger partial charge in [-0.15, -0.1) is 0 Å². The van der Waals surface area contributed by atoms with Crippen molar-refractivity contribution in [2.24, 2.45) is 0 Å². The highest BCUT2D eigenvalue weighted by Gasteiger charge is 2.13. The highest BCUT2D eigenvalue weighted by Crippen LogP contribution is 2.17. The molecule has 5 nitrogen and oxygen atoms in total. The zero-order chi connectivity index (χ0) is 14.5. The molecule has 0 saturated carbocycles. The lowest BCUT2D eigenvalue weighted by Gasteiger charge is -2.22. The number of rotatable bonds is 5. The topological polar surface area (TPSA) is 45.2 Å².